The van der Waals surface area contributed by atoms with Gasteiger partial charge in [-0.2, -0.15) is 5.26 Å². The summed E-state index contributed by atoms with van der Waals surface area (Å²) < 4.78 is 11.3. The molecule has 0 unspecified atom stereocenters. The Morgan fingerprint density at radius 2 is 1.96 bits per heavy atom. The van der Waals surface area contributed by atoms with Gasteiger partial charge in [-0.05, 0) is 47.8 Å². The van der Waals surface area contributed by atoms with Crippen molar-refractivity contribution in [1.82, 2.24) is 4.90 Å². The molecule has 0 saturated carbocycles. The molecule has 0 bridgehead atoms. The first kappa shape index (κ1) is 16.3. The summed E-state index contributed by atoms with van der Waals surface area (Å²) in [5, 5.41) is 10.9. The van der Waals surface area contributed by atoms with Crippen molar-refractivity contribution >= 4 is 11.3 Å². The number of hydrogen-bond acceptors (Lipinski definition) is 5. The Morgan fingerprint density at radius 1 is 1.08 bits per heavy atom. The molecule has 122 valence electrons. The number of furan rings is 1. The van der Waals surface area contributed by atoms with Gasteiger partial charge < -0.3 is 9.15 Å². The zero-order valence-electron chi connectivity index (χ0n) is 13.2. The summed E-state index contributed by atoms with van der Waals surface area (Å²) in [6, 6.07) is 17.4. The van der Waals surface area contributed by atoms with E-state index in [9.17, 15) is 0 Å². The Balaban J connectivity index is 1.55. The fraction of sp³-hybridized carbons (Fsp3) is 0.211. The average molecular weight is 338 g/mol. The van der Waals surface area contributed by atoms with Gasteiger partial charge in [0, 0.05) is 18.0 Å². The molecule has 0 fully saturated rings. The lowest BCUT2D eigenvalue weighted by atomic mass is 10.2. The van der Waals surface area contributed by atoms with Crippen LogP contribution >= 0.6 is 11.3 Å². The molecule has 0 radical (unpaired) electrons. The van der Waals surface area contributed by atoms with Crippen LogP contribution in [0.25, 0.3) is 0 Å². The minimum absolute atomic E-state index is 0.581. The first-order valence-corrected chi connectivity index (χ1v) is 8.61. The van der Waals surface area contributed by atoms with Crippen LogP contribution in [0, 0.1) is 11.3 Å². The lowest BCUT2D eigenvalue weighted by Gasteiger charge is -2.20. The van der Waals surface area contributed by atoms with Gasteiger partial charge in [0.1, 0.15) is 18.1 Å². The first-order valence-electron chi connectivity index (χ1n) is 7.73. The number of thiophene rings is 1. The van der Waals surface area contributed by atoms with Gasteiger partial charge in [0.15, 0.2) is 0 Å². The lowest BCUT2D eigenvalue weighted by molar-refractivity contribution is 0.187. The molecule has 4 nitrogen and oxygen atoms in total. The van der Waals surface area contributed by atoms with Gasteiger partial charge in [-0.3, -0.25) is 4.90 Å². The Labute approximate surface area is 145 Å². The summed E-state index contributed by atoms with van der Waals surface area (Å²) in [7, 11) is 0. The maximum Gasteiger partial charge on any atom is 0.119 e. The van der Waals surface area contributed by atoms with Crippen molar-refractivity contribution in [2.24, 2.45) is 0 Å². The van der Waals surface area contributed by atoms with Crippen molar-refractivity contribution in [3.63, 3.8) is 0 Å². The number of benzene rings is 1. The maximum atomic E-state index is 8.82. The average Bonchev–Trinajstić information content (AvgIpc) is 3.29. The van der Waals surface area contributed by atoms with Gasteiger partial charge >= 0.3 is 0 Å². The van der Waals surface area contributed by atoms with Gasteiger partial charge in [-0.25, -0.2) is 0 Å². The molecule has 5 heteroatoms. The molecule has 0 aliphatic carbocycles. The molecule has 24 heavy (non-hydrogen) atoms. The van der Waals surface area contributed by atoms with E-state index in [-0.39, 0.29) is 0 Å². The third-order valence-electron chi connectivity index (χ3n) is 3.58. The van der Waals surface area contributed by atoms with Crippen LogP contribution in [0.4, 0.5) is 0 Å². The van der Waals surface area contributed by atoms with Crippen LogP contribution in [-0.2, 0) is 13.1 Å². The number of ether oxygens (including phenoxy) is 1. The molecule has 0 amide bonds. The van der Waals surface area contributed by atoms with E-state index in [2.05, 4.69) is 28.5 Å². The van der Waals surface area contributed by atoms with Gasteiger partial charge in [-0.1, -0.05) is 6.07 Å². The molecule has 3 aromatic rings. The fourth-order valence-electron chi connectivity index (χ4n) is 2.38. The molecular weight excluding hydrogens is 320 g/mol. The van der Waals surface area contributed by atoms with Crippen molar-refractivity contribution in [3.8, 4) is 11.8 Å². The Kier molecular flexibility index (Phi) is 5.67. The quantitative estimate of drug-likeness (QED) is 0.614. The molecule has 0 aliphatic heterocycles. The summed E-state index contributed by atoms with van der Waals surface area (Å²) in [4.78, 5) is 3.62. The zero-order chi connectivity index (χ0) is 16.6. The topological polar surface area (TPSA) is 49.4 Å². The number of rotatable bonds is 8. The van der Waals surface area contributed by atoms with Gasteiger partial charge in [0.05, 0.1) is 24.4 Å². The van der Waals surface area contributed by atoms with Gasteiger partial charge in [-0.15, -0.1) is 11.3 Å². The Morgan fingerprint density at radius 3 is 2.62 bits per heavy atom. The minimum Gasteiger partial charge on any atom is -0.492 e. The highest BCUT2D eigenvalue weighted by molar-refractivity contribution is 7.09. The Hall–Kier alpha value is -2.55. The number of nitrogens with zero attached hydrogens (tertiary/aromatic N) is 2. The fourth-order valence-corrected chi connectivity index (χ4v) is 3.12. The number of nitriles is 1. The van der Waals surface area contributed by atoms with Crippen molar-refractivity contribution in [1.29, 1.82) is 5.26 Å². The van der Waals surface area contributed by atoms with Crippen LogP contribution in [0.3, 0.4) is 0 Å². The second-order valence-corrected chi connectivity index (χ2v) is 6.39. The molecule has 0 aliphatic rings. The normalized spacial score (nSPS) is 10.7. The molecular formula is C19H18N2O2S. The van der Waals surface area contributed by atoms with Crippen molar-refractivity contribution in [2.45, 2.75) is 13.1 Å². The molecule has 2 heterocycles. The molecule has 1 aromatic carbocycles. The second-order valence-electron chi connectivity index (χ2n) is 5.35. The van der Waals surface area contributed by atoms with E-state index in [0.29, 0.717) is 12.2 Å². The summed E-state index contributed by atoms with van der Waals surface area (Å²) in [5.74, 6) is 1.73. The van der Waals surface area contributed by atoms with Gasteiger partial charge in [0.25, 0.3) is 0 Å². The zero-order valence-corrected chi connectivity index (χ0v) is 14.0. The van der Waals surface area contributed by atoms with Crippen LogP contribution in [-0.4, -0.2) is 18.1 Å². The predicted octanol–water partition coefficient (Wildman–Crippen LogP) is 4.29. The third-order valence-corrected chi connectivity index (χ3v) is 4.44. The van der Waals surface area contributed by atoms with Gasteiger partial charge in [0.2, 0.25) is 0 Å². The third kappa shape index (κ3) is 4.72. The summed E-state index contributed by atoms with van der Waals surface area (Å²) >= 11 is 1.75. The largest absolute Gasteiger partial charge is 0.492 e. The predicted molar refractivity (Wildman–Crippen MR) is 93.8 cm³/mol. The smallest absolute Gasteiger partial charge is 0.119 e. The minimum atomic E-state index is 0.581. The highest BCUT2D eigenvalue weighted by Gasteiger charge is 2.10. The van der Waals surface area contributed by atoms with Crippen LogP contribution in [0.1, 0.15) is 16.2 Å². The SMILES string of the molecule is N#Cc1ccc(OCCN(Cc2ccco2)Cc2cccs2)cc1. The molecule has 3 rings (SSSR count). The van der Waals surface area contributed by atoms with Crippen molar-refractivity contribution < 1.29 is 9.15 Å². The summed E-state index contributed by atoms with van der Waals surface area (Å²) in [6.45, 7) is 2.99. The van der Waals surface area contributed by atoms with E-state index in [1.165, 1.54) is 4.88 Å². The molecule has 0 saturated heterocycles. The van der Waals surface area contributed by atoms with Crippen molar-refractivity contribution in [3.05, 3.63) is 76.4 Å². The standard InChI is InChI=1S/C19H18N2O2S/c20-13-16-5-7-17(8-6-16)23-11-9-21(14-18-3-1-10-22-18)15-19-4-2-12-24-19/h1-8,10,12H,9,11,14-15H2. The highest BCUT2D eigenvalue weighted by atomic mass is 32.1. The molecule has 0 N–H and O–H groups in total. The second kappa shape index (κ2) is 8.34. The lowest BCUT2D eigenvalue weighted by Crippen LogP contribution is -2.27. The van der Waals surface area contributed by atoms with E-state index in [0.717, 1.165) is 31.1 Å². The Bertz CT molecular complexity index is 723. The van der Waals surface area contributed by atoms with E-state index in [4.69, 9.17) is 14.4 Å². The molecule has 2 aromatic heterocycles. The van der Waals surface area contributed by atoms with E-state index in [1.807, 2.05) is 24.3 Å². The van der Waals surface area contributed by atoms with Crippen LogP contribution in [0.15, 0.2) is 64.6 Å². The summed E-state index contributed by atoms with van der Waals surface area (Å²) in [6.07, 6.45) is 1.70. The summed E-state index contributed by atoms with van der Waals surface area (Å²) in [5.41, 5.74) is 0.638. The van der Waals surface area contributed by atoms with Crippen molar-refractivity contribution in [2.75, 3.05) is 13.2 Å². The first-order chi connectivity index (χ1) is 11.8. The van der Waals surface area contributed by atoms with E-state index >= 15 is 0 Å². The highest BCUT2D eigenvalue weighted by Crippen LogP contribution is 2.16. The van der Waals surface area contributed by atoms with E-state index in [1.54, 1.807) is 29.7 Å². The molecule has 0 atom stereocenters. The van der Waals surface area contributed by atoms with Crippen LogP contribution < -0.4 is 4.74 Å². The molecule has 0 spiro atoms. The number of hydrogen-bond donors (Lipinski definition) is 0. The maximum absolute atomic E-state index is 8.82. The van der Waals surface area contributed by atoms with Crippen LogP contribution in [0.2, 0.25) is 0 Å². The van der Waals surface area contributed by atoms with E-state index < -0.39 is 0 Å². The monoisotopic (exact) mass is 338 g/mol. The van der Waals surface area contributed by atoms with Crippen LogP contribution in [0.5, 0.6) is 5.75 Å².